The Morgan fingerprint density at radius 3 is 2.21 bits per heavy atom. The summed E-state index contributed by atoms with van der Waals surface area (Å²) in [7, 11) is 0. The summed E-state index contributed by atoms with van der Waals surface area (Å²) in [4.78, 5) is 0. The molecular formula is C16H15Cl2N. The lowest BCUT2D eigenvalue weighted by Crippen LogP contribution is -2.58. The van der Waals surface area contributed by atoms with Gasteiger partial charge in [0.2, 0.25) is 0 Å². The van der Waals surface area contributed by atoms with E-state index in [-0.39, 0.29) is 5.41 Å². The maximum absolute atomic E-state index is 6.28. The largest absolute Gasteiger partial charge is 0.315 e. The zero-order chi connectivity index (χ0) is 13.3. The molecule has 1 heterocycles. The van der Waals surface area contributed by atoms with E-state index < -0.39 is 0 Å². The third-order valence-corrected chi connectivity index (χ3v) is 4.49. The molecule has 2 aromatic carbocycles. The van der Waals surface area contributed by atoms with Crippen LogP contribution in [0.4, 0.5) is 0 Å². The van der Waals surface area contributed by atoms with Crippen LogP contribution in [0.3, 0.4) is 0 Å². The predicted molar refractivity (Wildman–Crippen MR) is 81.2 cm³/mol. The van der Waals surface area contributed by atoms with Gasteiger partial charge in [0.1, 0.15) is 0 Å². The number of benzene rings is 2. The average molecular weight is 292 g/mol. The number of halogens is 2. The van der Waals surface area contributed by atoms with Gasteiger partial charge in [0.05, 0.1) is 0 Å². The molecule has 3 heteroatoms. The van der Waals surface area contributed by atoms with Crippen molar-refractivity contribution in [3.05, 3.63) is 69.7 Å². The van der Waals surface area contributed by atoms with E-state index in [1.165, 1.54) is 11.1 Å². The SMILES string of the molecule is Clc1ccc(C2(Cc3ccccc3Cl)CNC2)cc1. The third-order valence-electron chi connectivity index (χ3n) is 3.87. The van der Waals surface area contributed by atoms with Crippen molar-refractivity contribution < 1.29 is 0 Å². The second-order valence-corrected chi connectivity index (χ2v) is 6.00. The molecule has 3 rings (SSSR count). The Balaban J connectivity index is 1.92. The van der Waals surface area contributed by atoms with Gasteiger partial charge >= 0.3 is 0 Å². The molecule has 0 saturated carbocycles. The topological polar surface area (TPSA) is 12.0 Å². The zero-order valence-electron chi connectivity index (χ0n) is 10.5. The lowest BCUT2D eigenvalue weighted by Gasteiger charge is -2.43. The Morgan fingerprint density at radius 1 is 0.947 bits per heavy atom. The zero-order valence-corrected chi connectivity index (χ0v) is 12.0. The van der Waals surface area contributed by atoms with Crippen LogP contribution in [0.1, 0.15) is 11.1 Å². The molecule has 0 spiro atoms. The van der Waals surface area contributed by atoms with Crippen molar-refractivity contribution in [2.24, 2.45) is 0 Å². The van der Waals surface area contributed by atoms with Gasteiger partial charge in [-0.15, -0.1) is 0 Å². The summed E-state index contributed by atoms with van der Waals surface area (Å²) in [5, 5.41) is 5.01. The normalized spacial score (nSPS) is 16.9. The standard InChI is InChI=1S/C16H15Cl2N/c17-14-7-5-13(6-8-14)16(10-19-11-16)9-12-3-1-2-4-15(12)18/h1-8,19H,9-11H2. The lowest BCUT2D eigenvalue weighted by atomic mass is 9.71. The van der Waals surface area contributed by atoms with E-state index >= 15 is 0 Å². The fourth-order valence-corrected chi connectivity index (χ4v) is 3.00. The maximum atomic E-state index is 6.28. The number of rotatable bonds is 3. The smallest absolute Gasteiger partial charge is 0.0438 e. The molecule has 0 atom stereocenters. The molecule has 0 bridgehead atoms. The summed E-state index contributed by atoms with van der Waals surface area (Å²) in [6, 6.07) is 16.3. The first kappa shape index (κ1) is 13.0. The first-order valence-electron chi connectivity index (χ1n) is 6.40. The van der Waals surface area contributed by atoms with E-state index in [4.69, 9.17) is 23.2 Å². The molecule has 1 aliphatic heterocycles. The molecule has 1 nitrogen and oxygen atoms in total. The first-order chi connectivity index (χ1) is 9.20. The monoisotopic (exact) mass is 291 g/mol. The molecule has 0 amide bonds. The number of hydrogen-bond donors (Lipinski definition) is 1. The lowest BCUT2D eigenvalue weighted by molar-refractivity contribution is 0.275. The minimum atomic E-state index is 0.148. The van der Waals surface area contributed by atoms with Crippen molar-refractivity contribution in [1.29, 1.82) is 0 Å². The van der Waals surface area contributed by atoms with Crippen LogP contribution < -0.4 is 5.32 Å². The van der Waals surface area contributed by atoms with Crippen molar-refractivity contribution in [2.45, 2.75) is 11.8 Å². The Hall–Kier alpha value is -1.02. The van der Waals surface area contributed by atoms with Crippen molar-refractivity contribution in [2.75, 3.05) is 13.1 Å². The number of nitrogens with one attached hydrogen (secondary N) is 1. The van der Waals surface area contributed by atoms with Crippen LogP contribution in [0.5, 0.6) is 0 Å². The predicted octanol–water partition coefficient (Wildman–Crippen LogP) is 4.08. The van der Waals surface area contributed by atoms with Gasteiger partial charge in [0.15, 0.2) is 0 Å². The van der Waals surface area contributed by atoms with Crippen molar-refractivity contribution in [3.63, 3.8) is 0 Å². The molecule has 19 heavy (non-hydrogen) atoms. The van der Waals surface area contributed by atoms with Crippen LogP contribution >= 0.6 is 23.2 Å². The Morgan fingerprint density at radius 2 is 1.63 bits per heavy atom. The van der Waals surface area contributed by atoms with Crippen LogP contribution in [-0.2, 0) is 11.8 Å². The Bertz CT molecular complexity index is 574. The van der Waals surface area contributed by atoms with Gasteiger partial charge in [-0.1, -0.05) is 53.5 Å². The van der Waals surface area contributed by atoms with E-state index in [2.05, 4.69) is 23.5 Å². The van der Waals surface area contributed by atoms with E-state index in [9.17, 15) is 0 Å². The molecule has 1 N–H and O–H groups in total. The quantitative estimate of drug-likeness (QED) is 0.899. The summed E-state index contributed by atoms with van der Waals surface area (Å²) in [6.07, 6.45) is 0.960. The fourth-order valence-electron chi connectivity index (χ4n) is 2.67. The van der Waals surface area contributed by atoms with Gasteiger partial charge < -0.3 is 5.32 Å². The van der Waals surface area contributed by atoms with E-state index in [1.807, 2.05) is 30.3 Å². The number of hydrogen-bond acceptors (Lipinski definition) is 1. The molecular weight excluding hydrogens is 277 g/mol. The summed E-state index contributed by atoms with van der Waals surface area (Å²) in [5.74, 6) is 0. The van der Waals surface area contributed by atoms with Crippen LogP contribution in [0.2, 0.25) is 10.0 Å². The van der Waals surface area contributed by atoms with Gasteiger partial charge in [-0.05, 0) is 35.7 Å². The highest BCUT2D eigenvalue weighted by atomic mass is 35.5. The van der Waals surface area contributed by atoms with Crippen LogP contribution in [0, 0.1) is 0 Å². The van der Waals surface area contributed by atoms with E-state index in [0.717, 1.165) is 29.6 Å². The molecule has 1 fully saturated rings. The van der Waals surface area contributed by atoms with E-state index in [0.29, 0.717) is 0 Å². The summed E-state index contributed by atoms with van der Waals surface area (Å²) in [5.41, 5.74) is 2.69. The van der Waals surface area contributed by atoms with Crippen molar-refractivity contribution in [3.8, 4) is 0 Å². The Labute approximate surface area is 123 Å². The third kappa shape index (κ3) is 2.51. The van der Waals surface area contributed by atoms with Crippen molar-refractivity contribution >= 4 is 23.2 Å². The molecule has 1 aliphatic rings. The molecule has 0 aromatic heterocycles. The second-order valence-electron chi connectivity index (χ2n) is 5.16. The summed E-state index contributed by atoms with van der Waals surface area (Å²) >= 11 is 12.3. The molecule has 0 radical (unpaired) electrons. The molecule has 0 aliphatic carbocycles. The van der Waals surface area contributed by atoms with Crippen LogP contribution in [0.15, 0.2) is 48.5 Å². The maximum Gasteiger partial charge on any atom is 0.0438 e. The average Bonchev–Trinajstić information content (AvgIpc) is 2.37. The molecule has 98 valence electrons. The van der Waals surface area contributed by atoms with Gasteiger partial charge in [0.25, 0.3) is 0 Å². The van der Waals surface area contributed by atoms with Gasteiger partial charge in [-0.2, -0.15) is 0 Å². The highest BCUT2D eigenvalue weighted by Crippen LogP contribution is 2.34. The molecule has 2 aromatic rings. The highest BCUT2D eigenvalue weighted by molar-refractivity contribution is 6.31. The van der Waals surface area contributed by atoms with Gasteiger partial charge in [-0.3, -0.25) is 0 Å². The van der Waals surface area contributed by atoms with Gasteiger partial charge in [0, 0.05) is 28.5 Å². The van der Waals surface area contributed by atoms with Crippen molar-refractivity contribution in [1.82, 2.24) is 5.32 Å². The van der Waals surface area contributed by atoms with Crippen LogP contribution in [0.25, 0.3) is 0 Å². The molecule has 1 saturated heterocycles. The Kier molecular flexibility index (Phi) is 3.53. The minimum absolute atomic E-state index is 0.148. The first-order valence-corrected chi connectivity index (χ1v) is 7.15. The van der Waals surface area contributed by atoms with Crippen LogP contribution in [-0.4, -0.2) is 13.1 Å². The summed E-state index contributed by atoms with van der Waals surface area (Å²) < 4.78 is 0. The summed E-state index contributed by atoms with van der Waals surface area (Å²) in [6.45, 7) is 1.97. The fraction of sp³-hybridized carbons (Fsp3) is 0.250. The molecule has 0 unspecified atom stereocenters. The highest BCUT2D eigenvalue weighted by Gasteiger charge is 2.38. The van der Waals surface area contributed by atoms with E-state index in [1.54, 1.807) is 0 Å². The second kappa shape index (κ2) is 5.16. The minimum Gasteiger partial charge on any atom is -0.315 e. The van der Waals surface area contributed by atoms with Gasteiger partial charge in [-0.25, -0.2) is 0 Å².